The van der Waals surface area contributed by atoms with Gasteiger partial charge in [-0.3, -0.25) is 14.4 Å². The van der Waals surface area contributed by atoms with Crippen LogP contribution in [0.15, 0.2) is 24.3 Å². The minimum Gasteiger partial charge on any atom is -0.396 e. The van der Waals surface area contributed by atoms with Crippen molar-refractivity contribution in [2.75, 3.05) is 33.3 Å². The Morgan fingerprint density at radius 1 is 1.00 bits per heavy atom. The van der Waals surface area contributed by atoms with Gasteiger partial charge in [0.1, 0.15) is 11.6 Å². The number of fused-ring (bicyclic) bond motifs is 2. The van der Waals surface area contributed by atoms with Crippen LogP contribution in [0.1, 0.15) is 51.4 Å². The first kappa shape index (κ1) is 23.5. The van der Waals surface area contributed by atoms with Gasteiger partial charge in [-0.2, -0.15) is 0 Å². The summed E-state index contributed by atoms with van der Waals surface area (Å²) < 4.78 is 6.62. The van der Waals surface area contributed by atoms with Gasteiger partial charge in [0, 0.05) is 39.3 Å². The molecule has 1 spiro atoms. The number of unbranched alkanes of at least 4 members (excludes halogenated alkanes) is 2. The quantitative estimate of drug-likeness (QED) is 0.468. The summed E-state index contributed by atoms with van der Waals surface area (Å²) in [5.74, 6) is -1.62. The molecule has 1 unspecified atom stereocenters. The number of ether oxygens (including phenoxy) is 1. The molecule has 1 saturated carbocycles. The highest BCUT2D eigenvalue weighted by Gasteiger charge is 2.71. The maximum atomic E-state index is 14.2. The Hall–Kier alpha value is -2.19. The van der Waals surface area contributed by atoms with Crippen LogP contribution in [0.2, 0.25) is 0 Å². The molecule has 4 heterocycles. The zero-order valence-electron chi connectivity index (χ0n) is 20.1. The van der Waals surface area contributed by atoms with Crippen molar-refractivity contribution in [1.29, 1.82) is 0 Å². The van der Waals surface area contributed by atoms with Crippen molar-refractivity contribution in [3.8, 4) is 0 Å². The second-order valence-electron chi connectivity index (χ2n) is 10.5. The minimum absolute atomic E-state index is 0.0452. The topological polar surface area (TPSA) is 90.4 Å². The van der Waals surface area contributed by atoms with Crippen molar-refractivity contribution in [3.63, 3.8) is 0 Å². The SMILES string of the molecule is CN1CC=C[C@H]2O[C@]34C=CCN(C5CCCCC5)C(=O)C3N(CCCCCO)C(=O)[C@@H]4[C@H]2C1=O. The molecule has 0 aromatic rings. The van der Waals surface area contributed by atoms with Crippen LogP contribution in [-0.4, -0.2) is 94.6 Å². The molecule has 0 aromatic heterocycles. The molecule has 2 saturated heterocycles. The van der Waals surface area contributed by atoms with Gasteiger partial charge in [0.05, 0.1) is 17.9 Å². The molecule has 8 heteroatoms. The van der Waals surface area contributed by atoms with Crippen LogP contribution in [0.3, 0.4) is 0 Å². The summed E-state index contributed by atoms with van der Waals surface area (Å²) in [6, 6.07) is -0.566. The number of rotatable bonds is 6. The summed E-state index contributed by atoms with van der Waals surface area (Å²) in [7, 11) is 1.75. The molecule has 1 aliphatic carbocycles. The van der Waals surface area contributed by atoms with Crippen LogP contribution in [0.5, 0.6) is 0 Å². The van der Waals surface area contributed by atoms with Gasteiger partial charge in [0.15, 0.2) is 0 Å². The van der Waals surface area contributed by atoms with E-state index >= 15 is 0 Å². The van der Waals surface area contributed by atoms with E-state index in [9.17, 15) is 19.5 Å². The Morgan fingerprint density at radius 3 is 2.56 bits per heavy atom. The summed E-state index contributed by atoms with van der Waals surface area (Å²) in [5, 5.41) is 9.18. The molecule has 0 bridgehead atoms. The average molecular weight is 472 g/mol. The van der Waals surface area contributed by atoms with Gasteiger partial charge < -0.3 is 24.5 Å². The van der Waals surface area contributed by atoms with Crippen LogP contribution in [0.4, 0.5) is 0 Å². The molecule has 0 aromatic carbocycles. The lowest BCUT2D eigenvalue weighted by Gasteiger charge is -2.39. The van der Waals surface area contributed by atoms with Crippen LogP contribution in [-0.2, 0) is 19.1 Å². The van der Waals surface area contributed by atoms with E-state index in [0.717, 1.165) is 32.1 Å². The highest BCUT2D eigenvalue weighted by Crippen LogP contribution is 2.53. The van der Waals surface area contributed by atoms with Crippen LogP contribution in [0, 0.1) is 11.8 Å². The third-order valence-corrected chi connectivity index (χ3v) is 8.46. The molecular formula is C26H37N3O5. The molecule has 186 valence electrons. The zero-order chi connectivity index (χ0) is 23.9. The number of amides is 3. The van der Waals surface area contributed by atoms with E-state index in [2.05, 4.69) is 0 Å². The Labute approximate surface area is 201 Å². The molecule has 8 nitrogen and oxygen atoms in total. The van der Waals surface area contributed by atoms with Crippen molar-refractivity contribution in [1.82, 2.24) is 14.7 Å². The van der Waals surface area contributed by atoms with Gasteiger partial charge >= 0.3 is 0 Å². The van der Waals surface area contributed by atoms with Gasteiger partial charge in [-0.05, 0) is 32.1 Å². The van der Waals surface area contributed by atoms with Crippen molar-refractivity contribution in [3.05, 3.63) is 24.3 Å². The number of nitrogens with zero attached hydrogens (tertiary/aromatic N) is 3. The third kappa shape index (κ3) is 3.70. The predicted molar refractivity (Wildman–Crippen MR) is 126 cm³/mol. The van der Waals surface area contributed by atoms with Gasteiger partial charge in [-0.15, -0.1) is 0 Å². The molecule has 3 amide bonds. The van der Waals surface area contributed by atoms with E-state index in [0.29, 0.717) is 32.5 Å². The number of aliphatic hydroxyl groups excluding tert-OH is 1. The minimum atomic E-state index is -1.12. The summed E-state index contributed by atoms with van der Waals surface area (Å²) in [6.07, 6.45) is 14.8. The molecular weight excluding hydrogens is 434 g/mol. The summed E-state index contributed by atoms with van der Waals surface area (Å²) in [6.45, 7) is 1.55. The molecule has 0 radical (unpaired) electrons. The maximum Gasteiger partial charge on any atom is 0.249 e. The van der Waals surface area contributed by atoms with E-state index < -0.39 is 29.6 Å². The summed E-state index contributed by atoms with van der Waals surface area (Å²) in [5.41, 5.74) is -1.12. The lowest BCUT2D eigenvalue weighted by atomic mass is 9.77. The van der Waals surface area contributed by atoms with Crippen molar-refractivity contribution >= 4 is 17.7 Å². The molecule has 4 aliphatic heterocycles. The number of hydrogen-bond donors (Lipinski definition) is 1. The van der Waals surface area contributed by atoms with E-state index in [1.54, 1.807) is 16.8 Å². The van der Waals surface area contributed by atoms with Crippen molar-refractivity contribution < 1.29 is 24.2 Å². The summed E-state index contributed by atoms with van der Waals surface area (Å²) >= 11 is 0. The third-order valence-electron chi connectivity index (χ3n) is 8.46. The molecule has 5 aliphatic rings. The molecule has 5 atom stereocenters. The van der Waals surface area contributed by atoms with E-state index in [4.69, 9.17) is 4.74 Å². The van der Waals surface area contributed by atoms with Gasteiger partial charge in [-0.1, -0.05) is 43.6 Å². The molecule has 5 rings (SSSR count). The highest BCUT2D eigenvalue weighted by atomic mass is 16.5. The number of aliphatic hydroxyl groups is 1. The first-order valence-corrected chi connectivity index (χ1v) is 13.0. The van der Waals surface area contributed by atoms with Crippen molar-refractivity contribution in [2.45, 2.75) is 75.2 Å². The maximum absolute atomic E-state index is 14.2. The number of carbonyl (C=O) groups excluding carboxylic acids is 3. The fourth-order valence-corrected chi connectivity index (χ4v) is 6.81. The number of hydrogen-bond acceptors (Lipinski definition) is 5. The molecule has 1 N–H and O–H groups in total. The highest BCUT2D eigenvalue weighted by molar-refractivity contribution is 5.99. The van der Waals surface area contributed by atoms with Crippen LogP contribution in [0.25, 0.3) is 0 Å². The lowest BCUT2D eigenvalue weighted by molar-refractivity contribution is -0.149. The van der Waals surface area contributed by atoms with E-state index in [1.165, 1.54) is 6.42 Å². The monoisotopic (exact) mass is 471 g/mol. The normalized spacial score (nSPS) is 35.9. The number of carbonyl (C=O) groups is 3. The van der Waals surface area contributed by atoms with E-state index in [-0.39, 0.29) is 30.4 Å². The fraction of sp³-hybridized carbons (Fsp3) is 0.731. The van der Waals surface area contributed by atoms with Gasteiger partial charge in [0.2, 0.25) is 17.7 Å². The second kappa shape index (κ2) is 9.46. The number of likely N-dealkylation sites (N-methyl/N-ethyl adjacent to an activating group) is 1. The number of likely N-dealkylation sites (tertiary alicyclic amines) is 1. The Morgan fingerprint density at radius 2 is 1.79 bits per heavy atom. The van der Waals surface area contributed by atoms with Crippen molar-refractivity contribution in [2.24, 2.45) is 11.8 Å². The summed E-state index contributed by atoms with van der Waals surface area (Å²) in [4.78, 5) is 46.8. The Balaban J connectivity index is 1.52. The second-order valence-corrected chi connectivity index (χ2v) is 10.5. The van der Waals surface area contributed by atoms with Gasteiger partial charge in [-0.25, -0.2) is 0 Å². The van der Waals surface area contributed by atoms with Crippen LogP contribution < -0.4 is 0 Å². The first-order valence-electron chi connectivity index (χ1n) is 13.0. The van der Waals surface area contributed by atoms with E-state index in [1.807, 2.05) is 29.2 Å². The standard InChI is InChI=1S/C26H37N3O5/c1-27-14-8-12-19-20(23(27)31)21-24(32)29(15-6-3-7-17-30)22-25(33)28(18-10-4-2-5-11-18)16-9-13-26(21,22)34-19/h8-9,12-13,18-22,30H,2-7,10-11,14-17H2,1H3/t19-,20+,21+,22?,26+/m1/s1. The fourth-order valence-electron chi connectivity index (χ4n) is 6.81. The van der Waals surface area contributed by atoms with Crippen LogP contribution >= 0.6 is 0 Å². The lowest BCUT2D eigenvalue weighted by Crippen LogP contribution is -2.57. The van der Waals surface area contributed by atoms with Gasteiger partial charge in [0.25, 0.3) is 0 Å². The first-order chi connectivity index (χ1) is 16.5. The smallest absolute Gasteiger partial charge is 0.249 e. The predicted octanol–water partition coefficient (Wildman–Crippen LogP) is 1.49. The average Bonchev–Trinajstić information content (AvgIpc) is 3.16. The Bertz CT molecular complexity index is 882. The largest absolute Gasteiger partial charge is 0.396 e. The zero-order valence-corrected chi connectivity index (χ0v) is 20.1. The molecule has 3 fully saturated rings. The molecule has 34 heavy (non-hydrogen) atoms. The Kier molecular flexibility index (Phi) is 6.55.